The second kappa shape index (κ2) is 10.9. The summed E-state index contributed by atoms with van der Waals surface area (Å²) >= 11 is 0. The number of carbonyl (C=O) groups excluding carboxylic acids is 1. The van der Waals surface area contributed by atoms with Crippen LogP contribution in [-0.2, 0) is 16.8 Å². The maximum Gasteiger partial charge on any atom is 0.217 e. The van der Waals surface area contributed by atoms with Crippen molar-refractivity contribution in [1.29, 1.82) is 0 Å². The first-order chi connectivity index (χ1) is 18.8. The lowest BCUT2D eigenvalue weighted by molar-refractivity contribution is -0.120. The number of benzene rings is 2. The normalized spacial score (nSPS) is 30.3. The first-order valence-corrected chi connectivity index (χ1v) is 15.1. The van der Waals surface area contributed by atoms with E-state index in [2.05, 4.69) is 34.9 Å². The summed E-state index contributed by atoms with van der Waals surface area (Å²) in [4.78, 5) is 12.0. The summed E-state index contributed by atoms with van der Waals surface area (Å²) in [7, 11) is 0. The number of aliphatic hydroxyl groups is 1. The van der Waals surface area contributed by atoms with Crippen LogP contribution in [0.3, 0.4) is 0 Å². The van der Waals surface area contributed by atoms with Gasteiger partial charge in [0, 0.05) is 25.1 Å². The summed E-state index contributed by atoms with van der Waals surface area (Å²) in [6.45, 7) is 1.68. The number of rotatable bonds is 9. The Bertz CT molecular complexity index is 1150. The van der Waals surface area contributed by atoms with Crippen LogP contribution < -0.4 is 10.6 Å². The molecule has 2 aromatic rings. The van der Waals surface area contributed by atoms with Crippen LogP contribution in [0.5, 0.6) is 0 Å². The first-order valence-electron chi connectivity index (χ1n) is 15.1. The molecule has 2 aromatic carbocycles. The van der Waals surface area contributed by atoms with Gasteiger partial charge in [0.2, 0.25) is 5.91 Å². The SMILES string of the molecule is CC(=O)NC(Cc1cc(F)cc(F)c1)C(O)CNC1(c2cccc(C3C4CC5CC3CC5C4)c2)CCCCC1. The summed E-state index contributed by atoms with van der Waals surface area (Å²) in [5.74, 6) is 2.71. The van der Waals surface area contributed by atoms with Crippen molar-refractivity contribution in [1.82, 2.24) is 10.6 Å². The van der Waals surface area contributed by atoms with Crippen LogP contribution in [0.15, 0.2) is 42.5 Å². The van der Waals surface area contributed by atoms with Crippen LogP contribution in [-0.4, -0.2) is 29.7 Å². The van der Waals surface area contributed by atoms with E-state index >= 15 is 0 Å². The van der Waals surface area contributed by atoms with E-state index in [4.69, 9.17) is 0 Å². The van der Waals surface area contributed by atoms with Gasteiger partial charge in [-0.3, -0.25) is 4.79 Å². The lowest BCUT2D eigenvalue weighted by Gasteiger charge is -2.41. The van der Waals surface area contributed by atoms with E-state index < -0.39 is 23.8 Å². The standard InChI is InChI=1S/C33H42F2N2O2/c1-20(38)37-30(12-21-10-28(34)18-29(35)11-21)31(39)19-36-33(8-3-2-4-9-33)27-7-5-6-22(17-27)32-25-13-23-14-26(32)16-24(23)15-25/h5-7,10-11,17-18,23-26,30-32,36,39H,2-4,8-9,12-16,19H2,1H3,(H,37,38). The van der Waals surface area contributed by atoms with Gasteiger partial charge in [0.1, 0.15) is 11.6 Å². The zero-order chi connectivity index (χ0) is 27.1. The van der Waals surface area contributed by atoms with Crippen molar-refractivity contribution >= 4 is 5.91 Å². The van der Waals surface area contributed by atoms with Gasteiger partial charge in [-0.2, -0.15) is 0 Å². The summed E-state index contributed by atoms with van der Waals surface area (Å²) < 4.78 is 27.6. The highest BCUT2D eigenvalue weighted by Crippen LogP contribution is 2.63. The number of halogens is 2. The summed E-state index contributed by atoms with van der Waals surface area (Å²) in [6, 6.07) is 12.0. The Balaban J connectivity index is 1.20. The highest BCUT2D eigenvalue weighted by Gasteiger charge is 2.53. The molecule has 0 spiro atoms. The van der Waals surface area contributed by atoms with E-state index in [-0.39, 0.29) is 24.4 Å². The Morgan fingerprint density at radius 1 is 0.949 bits per heavy atom. The Hall–Kier alpha value is -2.31. The summed E-state index contributed by atoms with van der Waals surface area (Å²) in [5, 5.41) is 17.8. The largest absolute Gasteiger partial charge is 0.390 e. The van der Waals surface area contributed by atoms with Gasteiger partial charge in [-0.05, 0) is 103 Å². The molecule has 4 nitrogen and oxygen atoms in total. The lowest BCUT2D eigenvalue weighted by Crippen LogP contribution is -2.53. The van der Waals surface area contributed by atoms with Crippen LogP contribution in [0, 0.1) is 35.3 Å². The minimum absolute atomic E-state index is 0.145. The third-order valence-corrected chi connectivity index (χ3v) is 10.5. The van der Waals surface area contributed by atoms with Gasteiger partial charge >= 0.3 is 0 Å². The molecular formula is C33H42F2N2O2. The predicted octanol–water partition coefficient (Wildman–Crippen LogP) is 5.97. The van der Waals surface area contributed by atoms with Gasteiger partial charge < -0.3 is 15.7 Å². The molecule has 5 saturated carbocycles. The Labute approximate surface area is 231 Å². The van der Waals surface area contributed by atoms with E-state index in [1.807, 2.05) is 0 Å². The summed E-state index contributed by atoms with van der Waals surface area (Å²) in [5.41, 5.74) is 2.99. The van der Waals surface area contributed by atoms with Crippen molar-refractivity contribution in [3.8, 4) is 0 Å². The fourth-order valence-electron chi connectivity index (χ4n) is 8.96. The van der Waals surface area contributed by atoms with E-state index in [0.717, 1.165) is 55.4 Å². The molecule has 6 heteroatoms. The van der Waals surface area contributed by atoms with Crippen molar-refractivity contribution in [2.45, 2.75) is 94.7 Å². The molecule has 5 aliphatic rings. The molecule has 5 aliphatic carbocycles. The smallest absolute Gasteiger partial charge is 0.217 e. The number of nitrogens with one attached hydrogen (secondary N) is 2. The molecule has 0 aromatic heterocycles. The maximum absolute atomic E-state index is 13.8. The fraction of sp³-hybridized carbons (Fsp3) is 0.606. The molecule has 4 bridgehead atoms. The molecular weight excluding hydrogens is 494 g/mol. The molecule has 0 saturated heterocycles. The Morgan fingerprint density at radius 2 is 1.59 bits per heavy atom. The van der Waals surface area contributed by atoms with Crippen molar-refractivity contribution in [3.63, 3.8) is 0 Å². The van der Waals surface area contributed by atoms with Crippen molar-refractivity contribution < 1.29 is 18.7 Å². The number of amides is 1. The number of hydrogen-bond acceptors (Lipinski definition) is 3. The quantitative estimate of drug-likeness (QED) is 0.370. The topological polar surface area (TPSA) is 61.4 Å². The molecule has 0 heterocycles. The van der Waals surface area contributed by atoms with Crippen molar-refractivity contribution in [2.75, 3.05) is 6.54 Å². The molecule has 3 N–H and O–H groups in total. The van der Waals surface area contributed by atoms with Gasteiger partial charge in [0.25, 0.3) is 0 Å². The number of carbonyl (C=O) groups is 1. The molecule has 0 aliphatic heterocycles. The highest BCUT2D eigenvalue weighted by atomic mass is 19.1. The number of aliphatic hydroxyl groups excluding tert-OH is 1. The minimum Gasteiger partial charge on any atom is -0.390 e. The third-order valence-electron chi connectivity index (χ3n) is 10.5. The maximum atomic E-state index is 13.8. The highest BCUT2D eigenvalue weighted by molar-refractivity contribution is 5.73. The Morgan fingerprint density at radius 3 is 2.21 bits per heavy atom. The zero-order valence-corrected chi connectivity index (χ0v) is 23.0. The third kappa shape index (κ3) is 5.52. The van der Waals surface area contributed by atoms with Gasteiger partial charge in [-0.15, -0.1) is 0 Å². The van der Waals surface area contributed by atoms with E-state index in [0.29, 0.717) is 11.5 Å². The lowest BCUT2D eigenvalue weighted by atomic mass is 9.67. The van der Waals surface area contributed by atoms with E-state index in [1.54, 1.807) is 0 Å². The molecule has 7 rings (SSSR count). The molecule has 2 atom stereocenters. The van der Waals surface area contributed by atoms with Crippen LogP contribution in [0.1, 0.15) is 87.3 Å². The molecule has 39 heavy (non-hydrogen) atoms. The van der Waals surface area contributed by atoms with Crippen molar-refractivity contribution in [2.24, 2.45) is 23.7 Å². The second-order valence-corrected chi connectivity index (χ2v) is 13.0. The number of hydrogen-bond donors (Lipinski definition) is 3. The second-order valence-electron chi connectivity index (χ2n) is 13.0. The average Bonchev–Trinajstić information content (AvgIpc) is 3.38. The average molecular weight is 537 g/mol. The van der Waals surface area contributed by atoms with Crippen molar-refractivity contribution in [3.05, 3.63) is 70.8 Å². The molecule has 1 amide bonds. The zero-order valence-electron chi connectivity index (χ0n) is 23.0. The molecule has 5 fully saturated rings. The predicted molar refractivity (Wildman–Crippen MR) is 148 cm³/mol. The van der Waals surface area contributed by atoms with E-state index in [1.165, 1.54) is 62.3 Å². The minimum atomic E-state index is -0.914. The van der Waals surface area contributed by atoms with Gasteiger partial charge in [-0.1, -0.05) is 43.5 Å². The molecule has 210 valence electrons. The monoisotopic (exact) mass is 536 g/mol. The molecule has 2 unspecified atom stereocenters. The Kier molecular flexibility index (Phi) is 7.53. The van der Waals surface area contributed by atoms with Crippen LogP contribution in [0.25, 0.3) is 0 Å². The first kappa shape index (κ1) is 26.9. The summed E-state index contributed by atoms with van der Waals surface area (Å²) in [6.07, 6.45) is 10.3. The van der Waals surface area contributed by atoms with Crippen LogP contribution in [0.2, 0.25) is 0 Å². The fourth-order valence-corrected chi connectivity index (χ4v) is 8.96. The molecule has 0 radical (unpaired) electrons. The van der Waals surface area contributed by atoms with E-state index in [9.17, 15) is 18.7 Å². The van der Waals surface area contributed by atoms with Gasteiger partial charge in [0.05, 0.1) is 12.1 Å². The van der Waals surface area contributed by atoms with Crippen LogP contribution in [0.4, 0.5) is 8.78 Å². The van der Waals surface area contributed by atoms with Gasteiger partial charge in [-0.25, -0.2) is 8.78 Å². The van der Waals surface area contributed by atoms with Crippen LogP contribution >= 0.6 is 0 Å². The van der Waals surface area contributed by atoms with Gasteiger partial charge in [0.15, 0.2) is 0 Å².